The molecule has 2 rings (SSSR count). The molecule has 0 N–H and O–H groups in total. The van der Waals surface area contributed by atoms with Crippen molar-refractivity contribution in [1.82, 2.24) is 0 Å². The van der Waals surface area contributed by atoms with E-state index in [1.807, 2.05) is 0 Å². The van der Waals surface area contributed by atoms with E-state index in [2.05, 4.69) is 51.1 Å². The Morgan fingerprint density at radius 2 is 1.65 bits per heavy atom. The van der Waals surface area contributed by atoms with Crippen LogP contribution in [0.5, 0.6) is 0 Å². The lowest BCUT2D eigenvalue weighted by Crippen LogP contribution is -2.25. The Kier molecular flexibility index (Phi) is 3.98. The van der Waals surface area contributed by atoms with Crippen molar-refractivity contribution in [3.63, 3.8) is 0 Å². The zero-order valence-electron chi connectivity index (χ0n) is 11.2. The molecular weight excluding hydrogens is 206 g/mol. The van der Waals surface area contributed by atoms with Gasteiger partial charge in [0.05, 0.1) is 6.04 Å². The van der Waals surface area contributed by atoms with Gasteiger partial charge in [-0.25, -0.2) is 0 Å². The zero-order valence-corrected chi connectivity index (χ0v) is 11.2. The predicted molar refractivity (Wildman–Crippen MR) is 74.5 cm³/mol. The van der Waals surface area contributed by atoms with Crippen LogP contribution in [0, 0.1) is 11.8 Å². The number of aliphatic imine (C=N–C) groups is 1. The van der Waals surface area contributed by atoms with Crippen LogP contribution in [0.1, 0.15) is 51.6 Å². The summed E-state index contributed by atoms with van der Waals surface area (Å²) >= 11 is 0. The third kappa shape index (κ3) is 2.96. The maximum Gasteiger partial charge on any atom is 0.0720 e. The Hall–Kier alpha value is -1.11. The van der Waals surface area contributed by atoms with Crippen molar-refractivity contribution < 1.29 is 0 Å². The van der Waals surface area contributed by atoms with Gasteiger partial charge in [-0.15, -0.1) is 0 Å². The van der Waals surface area contributed by atoms with Gasteiger partial charge in [0.15, 0.2) is 0 Å². The van der Waals surface area contributed by atoms with Crippen LogP contribution in [-0.2, 0) is 0 Å². The molecule has 0 amide bonds. The van der Waals surface area contributed by atoms with Crippen molar-refractivity contribution >= 4 is 5.71 Å². The minimum atomic E-state index is 0.300. The second-order valence-electron chi connectivity index (χ2n) is 5.37. The van der Waals surface area contributed by atoms with E-state index < -0.39 is 0 Å². The van der Waals surface area contributed by atoms with Crippen molar-refractivity contribution in [3.8, 4) is 0 Å². The average Bonchev–Trinajstić information content (AvgIpc) is 2.35. The molecular formula is C16H23N. The second-order valence-corrected chi connectivity index (χ2v) is 5.37. The molecule has 1 nitrogen and oxygen atoms in total. The number of nitrogens with zero attached hydrogens (tertiary/aromatic N) is 1. The van der Waals surface area contributed by atoms with Crippen LogP contribution in [0.3, 0.4) is 0 Å². The predicted octanol–water partition coefficient (Wildman–Crippen LogP) is 4.64. The number of benzene rings is 1. The van der Waals surface area contributed by atoms with Gasteiger partial charge in [-0.3, -0.25) is 4.99 Å². The highest BCUT2D eigenvalue weighted by atomic mass is 14.8. The van der Waals surface area contributed by atoms with E-state index in [1.54, 1.807) is 0 Å². The summed E-state index contributed by atoms with van der Waals surface area (Å²) in [4.78, 5) is 4.98. The molecule has 0 spiro atoms. The largest absolute Gasteiger partial charge is 0.286 e. The van der Waals surface area contributed by atoms with E-state index in [1.165, 1.54) is 30.5 Å². The van der Waals surface area contributed by atoms with E-state index in [0.717, 1.165) is 0 Å². The quantitative estimate of drug-likeness (QED) is 0.700. The number of hydrogen-bond acceptors (Lipinski definition) is 1. The van der Waals surface area contributed by atoms with Crippen molar-refractivity contribution in [1.29, 1.82) is 0 Å². The summed E-state index contributed by atoms with van der Waals surface area (Å²) in [6.45, 7) is 6.86. The van der Waals surface area contributed by atoms with Gasteiger partial charge in [-0.2, -0.15) is 0 Å². The van der Waals surface area contributed by atoms with Crippen molar-refractivity contribution in [2.75, 3.05) is 0 Å². The average molecular weight is 229 g/mol. The summed E-state index contributed by atoms with van der Waals surface area (Å²) in [6, 6.07) is 10.9. The first kappa shape index (κ1) is 12.3. The van der Waals surface area contributed by atoms with Crippen molar-refractivity contribution in [2.45, 2.75) is 46.1 Å². The molecule has 0 bridgehead atoms. The monoisotopic (exact) mass is 229 g/mol. The molecule has 92 valence electrons. The Labute approximate surface area is 105 Å². The van der Waals surface area contributed by atoms with Crippen LogP contribution in [-0.4, -0.2) is 5.71 Å². The summed E-state index contributed by atoms with van der Waals surface area (Å²) in [5, 5.41) is 0. The Morgan fingerprint density at radius 1 is 1.06 bits per heavy atom. The van der Waals surface area contributed by atoms with E-state index in [-0.39, 0.29) is 0 Å². The third-order valence-corrected chi connectivity index (χ3v) is 3.91. The minimum Gasteiger partial charge on any atom is -0.286 e. The lowest BCUT2D eigenvalue weighted by atomic mass is 9.81. The maximum absolute atomic E-state index is 4.98. The summed E-state index contributed by atoms with van der Waals surface area (Å²) in [5.41, 5.74) is 2.76. The SMILES string of the molecule is C[C@H](N=C1[C@@H](C)CCC[C@@H]1C)c1ccccc1. The molecule has 1 fully saturated rings. The highest BCUT2D eigenvalue weighted by Gasteiger charge is 2.23. The number of hydrogen-bond donors (Lipinski definition) is 0. The molecule has 17 heavy (non-hydrogen) atoms. The van der Waals surface area contributed by atoms with Gasteiger partial charge in [-0.05, 0) is 37.2 Å². The summed E-state index contributed by atoms with van der Waals surface area (Å²) < 4.78 is 0. The van der Waals surface area contributed by atoms with Crippen LogP contribution < -0.4 is 0 Å². The van der Waals surface area contributed by atoms with Gasteiger partial charge in [0, 0.05) is 5.71 Å². The molecule has 3 atom stereocenters. The molecule has 1 aromatic rings. The maximum atomic E-state index is 4.98. The number of rotatable bonds is 2. The van der Waals surface area contributed by atoms with Crippen molar-refractivity contribution in [3.05, 3.63) is 35.9 Å². The van der Waals surface area contributed by atoms with Crippen molar-refractivity contribution in [2.24, 2.45) is 16.8 Å². The molecule has 1 aromatic carbocycles. The molecule has 1 aliphatic rings. The van der Waals surface area contributed by atoms with E-state index in [9.17, 15) is 0 Å². The minimum absolute atomic E-state index is 0.300. The molecule has 0 aromatic heterocycles. The first-order chi connectivity index (χ1) is 8.18. The van der Waals surface area contributed by atoms with E-state index in [0.29, 0.717) is 17.9 Å². The first-order valence-corrected chi connectivity index (χ1v) is 6.81. The smallest absolute Gasteiger partial charge is 0.0720 e. The highest BCUT2D eigenvalue weighted by Crippen LogP contribution is 2.29. The van der Waals surface area contributed by atoms with E-state index >= 15 is 0 Å². The van der Waals surface area contributed by atoms with Crippen LogP contribution >= 0.6 is 0 Å². The molecule has 0 radical (unpaired) electrons. The standard InChI is InChI=1S/C16H23N/c1-12-8-7-9-13(2)16(12)17-14(3)15-10-5-4-6-11-15/h4-6,10-14H,7-9H2,1-3H3/t12-,13-,14-/m0/s1. The van der Waals surface area contributed by atoms with Gasteiger partial charge in [-0.1, -0.05) is 50.6 Å². The van der Waals surface area contributed by atoms with Gasteiger partial charge in [0.2, 0.25) is 0 Å². The van der Waals surface area contributed by atoms with Crippen LogP contribution in [0.2, 0.25) is 0 Å². The fraction of sp³-hybridized carbons (Fsp3) is 0.562. The molecule has 1 aliphatic carbocycles. The zero-order chi connectivity index (χ0) is 12.3. The fourth-order valence-corrected chi connectivity index (χ4v) is 2.80. The lowest BCUT2D eigenvalue weighted by molar-refractivity contribution is 0.482. The van der Waals surface area contributed by atoms with Crippen LogP contribution in [0.4, 0.5) is 0 Å². The summed E-state index contributed by atoms with van der Waals surface area (Å²) in [6.07, 6.45) is 3.98. The van der Waals surface area contributed by atoms with Crippen LogP contribution in [0.15, 0.2) is 35.3 Å². The topological polar surface area (TPSA) is 12.4 Å². The highest BCUT2D eigenvalue weighted by molar-refractivity contribution is 5.89. The van der Waals surface area contributed by atoms with Gasteiger partial charge >= 0.3 is 0 Å². The molecule has 1 heteroatoms. The summed E-state index contributed by atoms with van der Waals surface area (Å²) in [7, 11) is 0. The Morgan fingerprint density at radius 3 is 2.24 bits per heavy atom. The molecule has 0 unspecified atom stereocenters. The normalized spacial score (nSPS) is 26.6. The Balaban J connectivity index is 2.17. The van der Waals surface area contributed by atoms with Gasteiger partial charge in [0.1, 0.15) is 0 Å². The van der Waals surface area contributed by atoms with E-state index in [4.69, 9.17) is 4.99 Å². The molecule has 0 saturated heterocycles. The Bertz CT molecular complexity index is 368. The summed E-state index contributed by atoms with van der Waals surface area (Å²) in [5.74, 6) is 1.34. The second kappa shape index (κ2) is 5.48. The molecule has 0 heterocycles. The first-order valence-electron chi connectivity index (χ1n) is 6.81. The van der Waals surface area contributed by atoms with Gasteiger partial charge in [0.25, 0.3) is 0 Å². The van der Waals surface area contributed by atoms with Gasteiger partial charge < -0.3 is 0 Å². The lowest BCUT2D eigenvalue weighted by Gasteiger charge is -2.27. The third-order valence-electron chi connectivity index (χ3n) is 3.91. The van der Waals surface area contributed by atoms with Crippen LogP contribution in [0.25, 0.3) is 0 Å². The fourth-order valence-electron chi connectivity index (χ4n) is 2.80. The molecule has 0 aliphatic heterocycles. The molecule has 1 saturated carbocycles.